The Labute approximate surface area is 143 Å². The predicted octanol–water partition coefficient (Wildman–Crippen LogP) is 4.34. The molecule has 122 valence electrons. The molecular weight excluding hydrogens is 296 g/mol. The summed E-state index contributed by atoms with van der Waals surface area (Å²) in [6, 6.07) is 24.8. The number of aliphatic hydroxyl groups is 1. The summed E-state index contributed by atoms with van der Waals surface area (Å²) in [6.45, 7) is 3.35. The highest BCUT2D eigenvalue weighted by Gasteiger charge is 2.10. The average molecular weight is 318 g/mol. The molecule has 0 aliphatic heterocycles. The summed E-state index contributed by atoms with van der Waals surface area (Å²) in [4.78, 5) is 6.69. The molecule has 0 saturated heterocycles. The number of hydrogen-bond donors (Lipinski definition) is 1. The maximum atomic E-state index is 9.65. The number of aliphatic hydroxyl groups excluding tert-OH is 1. The Morgan fingerprint density at radius 1 is 0.833 bits per heavy atom. The lowest BCUT2D eigenvalue weighted by Gasteiger charge is -2.25. The van der Waals surface area contributed by atoms with Gasteiger partial charge < -0.3 is 10.0 Å². The molecule has 1 N–H and O–H groups in total. The first-order valence-electron chi connectivity index (χ1n) is 8.19. The van der Waals surface area contributed by atoms with Gasteiger partial charge in [-0.25, -0.2) is 0 Å². The lowest BCUT2D eigenvalue weighted by molar-refractivity contribution is 0.194. The number of benzene rings is 2. The van der Waals surface area contributed by atoms with Gasteiger partial charge in [-0.1, -0.05) is 60.7 Å². The molecule has 0 spiro atoms. The van der Waals surface area contributed by atoms with Crippen LogP contribution >= 0.6 is 0 Å². The molecule has 1 aromatic heterocycles. The van der Waals surface area contributed by atoms with Crippen molar-refractivity contribution in [1.82, 2.24) is 4.98 Å². The Morgan fingerprint density at radius 3 is 1.79 bits per heavy atom. The first-order valence-corrected chi connectivity index (χ1v) is 8.19. The maximum absolute atomic E-state index is 9.65. The highest BCUT2D eigenvalue weighted by atomic mass is 16.3. The van der Waals surface area contributed by atoms with Crippen molar-refractivity contribution < 1.29 is 5.11 Å². The van der Waals surface area contributed by atoms with E-state index >= 15 is 0 Å². The van der Waals surface area contributed by atoms with Crippen molar-refractivity contribution in [2.45, 2.75) is 26.1 Å². The number of rotatable bonds is 6. The number of hydrogen-bond acceptors (Lipinski definition) is 3. The molecule has 24 heavy (non-hydrogen) atoms. The fourth-order valence-corrected chi connectivity index (χ4v) is 2.68. The Hall–Kier alpha value is -2.65. The first-order chi connectivity index (χ1) is 11.7. The summed E-state index contributed by atoms with van der Waals surface area (Å²) in [5, 5.41) is 9.65. The predicted molar refractivity (Wildman–Crippen MR) is 97.6 cm³/mol. The Kier molecular flexibility index (Phi) is 5.24. The van der Waals surface area contributed by atoms with Crippen LogP contribution in [-0.4, -0.2) is 10.1 Å². The largest absolute Gasteiger partial charge is 0.387 e. The van der Waals surface area contributed by atoms with Gasteiger partial charge in [-0.2, -0.15) is 0 Å². The average Bonchev–Trinajstić information content (AvgIpc) is 2.63. The second-order valence-electron chi connectivity index (χ2n) is 5.94. The minimum absolute atomic E-state index is 0.546. The van der Waals surface area contributed by atoms with Crippen LogP contribution in [-0.2, 0) is 13.1 Å². The van der Waals surface area contributed by atoms with Crippen LogP contribution in [0.5, 0.6) is 0 Å². The quantitative estimate of drug-likeness (QED) is 0.734. The summed E-state index contributed by atoms with van der Waals surface area (Å²) in [7, 11) is 0. The molecule has 3 rings (SSSR count). The number of pyridine rings is 1. The molecule has 0 aliphatic rings. The van der Waals surface area contributed by atoms with Crippen molar-refractivity contribution in [3.8, 4) is 0 Å². The molecular formula is C21H22N2O. The lowest BCUT2D eigenvalue weighted by atomic mass is 10.1. The Bertz CT molecular complexity index is 698. The van der Waals surface area contributed by atoms with Crippen LogP contribution in [0.3, 0.4) is 0 Å². The van der Waals surface area contributed by atoms with Gasteiger partial charge in [0.1, 0.15) is 0 Å². The minimum Gasteiger partial charge on any atom is -0.387 e. The molecule has 0 fully saturated rings. The standard InChI is InChI=1S/C21H22N2O/c1-17(24)21-13-12-20(14-22-21)23(15-18-8-4-2-5-9-18)16-19-10-6-3-7-11-19/h2-14,17,24H,15-16H2,1H3. The van der Waals surface area contributed by atoms with Crippen molar-refractivity contribution in [3.63, 3.8) is 0 Å². The van der Waals surface area contributed by atoms with Crippen LogP contribution < -0.4 is 4.90 Å². The zero-order chi connectivity index (χ0) is 16.8. The summed E-state index contributed by atoms with van der Waals surface area (Å²) in [5.74, 6) is 0. The zero-order valence-electron chi connectivity index (χ0n) is 13.8. The van der Waals surface area contributed by atoms with Crippen LogP contribution in [0.25, 0.3) is 0 Å². The van der Waals surface area contributed by atoms with E-state index < -0.39 is 6.10 Å². The third-order valence-corrected chi connectivity index (χ3v) is 4.00. The summed E-state index contributed by atoms with van der Waals surface area (Å²) >= 11 is 0. The third kappa shape index (κ3) is 4.21. The van der Waals surface area contributed by atoms with E-state index in [-0.39, 0.29) is 0 Å². The Balaban J connectivity index is 1.86. The van der Waals surface area contributed by atoms with Crippen LogP contribution in [0.4, 0.5) is 5.69 Å². The molecule has 0 aliphatic carbocycles. The summed E-state index contributed by atoms with van der Waals surface area (Å²) in [5.41, 5.74) is 4.26. The monoisotopic (exact) mass is 318 g/mol. The molecule has 3 aromatic rings. The van der Waals surface area contributed by atoms with Gasteiger partial charge in [0.15, 0.2) is 0 Å². The number of nitrogens with zero attached hydrogens (tertiary/aromatic N) is 2. The number of anilines is 1. The van der Waals surface area contributed by atoms with Crippen molar-refractivity contribution in [2.75, 3.05) is 4.90 Å². The van der Waals surface area contributed by atoms with Gasteiger partial charge in [-0.3, -0.25) is 4.98 Å². The SMILES string of the molecule is CC(O)c1ccc(N(Cc2ccccc2)Cc2ccccc2)cn1. The van der Waals surface area contributed by atoms with Gasteiger partial charge in [-0.05, 0) is 30.2 Å². The zero-order valence-corrected chi connectivity index (χ0v) is 13.8. The van der Waals surface area contributed by atoms with Crippen molar-refractivity contribution in [3.05, 3.63) is 95.8 Å². The molecule has 1 unspecified atom stereocenters. The van der Waals surface area contributed by atoms with Crippen molar-refractivity contribution >= 4 is 5.69 Å². The fraction of sp³-hybridized carbons (Fsp3) is 0.190. The van der Waals surface area contributed by atoms with E-state index in [4.69, 9.17) is 0 Å². The second-order valence-corrected chi connectivity index (χ2v) is 5.94. The van der Waals surface area contributed by atoms with Gasteiger partial charge >= 0.3 is 0 Å². The van der Waals surface area contributed by atoms with Gasteiger partial charge in [-0.15, -0.1) is 0 Å². The van der Waals surface area contributed by atoms with Crippen LogP contribution in [0, 0.1) is 0 Å². The topological polar surface area (TPSA) is 36.4 Å². The summed E-state index contributed by atoms with van der Waals surface area (Å²) < 4.78 is 0. The van der Waals surface area contributed by atoms with Crippen molar-refractivity contribution in [2.24, 2.45) is 0 Å². The second kappa shape index (κ2) is 7.75. The molecule has 1 heterocycles. The van der Waals surface area contributed by atoms with Gasteiger partial charge in [0.2, 0.25) is 0 Å². The van der Waals surface area contributed by atoms with E-state index in [1.807, 2.05) is 30.5 Å². The van der Waals surface area contributed by atoms with Crippen LogP contribution in [0.2, 0.25) is 0 Å². The highest BCUT2D eigenvalue weighted by Crippen LogP contribution is 2.21. The van der Waals surface area contributed by atoms with Crippen LogP contribution in [0.1, 0.15) is 29.8 Å². The van der Waals surface area contributed by atoms with E-state index in [0.29, 0.717) is 5.69 Å². The fourth-order valence-electron chi connectivity index (χ4n) is 2.68. The molecule has 2 aromatic carbocycles. The normalized spacial score (nSPS) is 11.9. The first kappa shape index (κ1) is 16.2. The molecule has 3 nitrogen and oxygen atoms in total. The molecule has 0 amide bonds. The van der Waals surface area contributed by atoms with Crippen molar-refractivity contribution in [1.29, 1.82) is 0 Å². The van der Waals surface area contributed by atoms with E-state index in [0.717, 1.165) is 18.8 Å². The minimum atomic E-state index is -0.546. The van der Waals surface area contributed by atoms with E-state index in [1.165, 1.54) is 11.1 Å². The lowest BCUT2D eigenvalue weighted by Crippen LogP contribution is -2.22. The van der Waals surface area contributed by atoms with Crippen LogP contribution in [0.15, 0.2) is 79.0 Å². The Morgan fingerprint density at radius 2 is 1.38 bits per heavy atom. The molecule has 0 bridgehead atoms. The molecule has 0 radical (unpaired) electrons. The smallest absolute Gasteiger partial charge is 0.0931 e. The summed E-state index contributed by atoms with van der Waals surface area (Å²) in [6.07, 6.45) is 1.30. The maximum Gasteiger partial charge on any atom is 0.0931 e. The van der Waals surface area contributed by atoms with E-state index in [1.54, 1.807) is 6.92 Å². The molecule has 0 saturated carbocycles. The van der Waals surface area contributed by atoms with E-state index in [9.17, 15) is 5.11 Å². The van der Waals surface area contributed by atoms with Gasteiger partial charge in [0.05, 0.1) is 23.7 Å². The molecule has 1 atom stereocenters. The molecule has 3 heteroatoms. The third-order valence-electron chi connectivity index (χ3n) is 4.00. The highest BCUT2D eigenvalue weighted by molar-refractivity contribution is 5.46. The number of aromatic nitrogens is 1. The van der Waals surface area contributed by atoms with Gasteiger partial charge in [0.25, 0.3) is 0 Å². The van der Waals surface area contributed by atoms with Gasteiger partial charge in [0, 0.05) is 13.1 Å². The van der Waals surface area contributed by atoms with E-state index in [2.05, 4.69) is 58.4 Å².